The van der Waals surface area contributed by atoms with Crippen LogP contribution in [0.4, 0.5) is 11.4 Å². The molecule has 1 amide bonds. The van der Waals surface area contributed by atoms with Crippen LogP contribution in [0.2, 0.25) is 0 Å². The summed E-state index contributed by atoms with van der Waals surface area (Å²) in [5.74, 6) is -0.0977. The normalized spacial score (nSPS) is 9.45. The molecule has 0 atom stereocenters. The van der Waals surface area contributed by atoms with Gasteiger partial charge in [-0.1, -0.05) is 12.1 Å². The van der Waals surface area contributed by atoms with E-state index in [0.717, 1.165) is 6.42 Å². The van der Waals surface area contributed by atoms with Gasteiger partial charge >= 0.3 is 0 Å². The molecule has 0 saturated heterocycles. The minimum atomic E-state index is -0.455. The quantitative estimate of drug-likeness (QED) is 0.381. The molecular weight excluding hydrogens is 284 g/mol. The lowest BCUT2D eigenvalue weighted by Gasteiger charge is -2.07. The fourth-order valence-electron chi connectivity index (χ4n) is 1.51. The number of rotatable bonds is 8. The number of halogens is 1. The first-order chi connectivity index (χ1) is 9.15. The van der Waals surface area contributed by atoms with Crippen LogP contribution in [0, 0.1) is 10.1 Å². The number of carbonyl (C=O) groups excluding carboxylic acids is 1. The topological polar surface area (TPSA) is 110 Å². The molecule has 0 aromatic heterocycles. The molecule has 0 fully saturated rings. The number of para-hydroxylation sites is 2. The number of nitrogens with one attached hydrogen (secondary N) is 2. The van der Waals surface area contributed by atoms with E-state index in [-0.39, 0.29) is 30.4 Å². The van der Waals surface area contributed by atoms with Gasteiger partial charge in [-0.15, -0.1) is 12.4 Å². The molecule has 0 saturated carbocycles. The zero-order valence-corrected chi connectivity index (χ0v) is 11.8. The second kappa shape index (κ2) is 9.99. The molecule has 0 radical (unpaired) electrons. The Hall–Kier alpha value is -1.86. The summed E-state index contributed by atoms with van der Waals surface area (Å²) in [6, 6.07) is 6.34. The number of hydrogen-bond donors (Lipinski definition) is 3. The molecule has 0 spiro atoms. The summed E-state index contributed by atoms with van der Waals surface area (Å²) in [5, 5.41) is 16.4. The van der Waals surface area contributed by atoms with Crippen LogP contribution >= 0.6 is 12.4 Å². The van der Waals surface area contributed by atoms with Gasteiger partial charge in [-0.25, -0.2) is 0 Å². The maximum Gasteiger partial charge on any atom is 0.292 e. The van der Waals surface area contributed by atoms with Crippen molar-refractivity contribution < 1.29 is 9.72 Å². The molecule has 8 heteroatoms. The Morgan fingerprint density at radius 3 is 2.65 bits per heavy atom. The number of amides is 1. The number of carbonyl (C=O) groups is 1. The van der Waals surface area contributed by atoms with E-state index in [4.69, 9.17) is 5.73 Å². The molecule has 7 nitrogen and oxygen atoms in total. The summed E-state index contributed by atoms with van der Waals surface area (Å²) in [7, 11) is 0. The third-order valence-corrected chi connectivity index (χ3v) is 2.47. The average molecular weight is 303 g/mol. The minimum absolute atomic E-state index is 0. The second-order valence-corrected chi connectivity index (χ2v) is 3.94. The lowest BCUT2D eigenvalue weighted by atomic mass is 10.2. The zero-order chi connectivity index (χ0) is 14.1. The van der Waals surface area contributed by atoms with Crippen LogP contribution in [0.25, 0.3) is 0 Å². The molecule has 1 aromatic rings. The Morgan fingerprint density at radius 2 is 2.00 bits per heavy atom. The van der Waals surface area contributed by atoms with E-state index >= 15 is 0 Å². The highest BCUT2D eigenvalue weighted by Crippen LogP contribution is 2.22. The third kappa shape index (κ3) is 6.35. The standard InChI is InChI=1S/C12H18N4O3.ClH/c13-7-3-8-15-12(17)6-9-14-10-4-1-2-5-11(10)16(18)19;/h1-2,4-5,14H,3,6-9,13H2,(H,15,17);1H. The Bertz CT molecular complexity index is 442. The molecule has 0 heterocycles. The van der Waals surface area contributed by atoms with Gasteiger partial charge in [-0.2, -0.15) is 0 Å². The van der Waals surface area contributed by atoms with Crippen molar-refractivity contribution in [1.29, 1.82) is 0 Å². The number of nitrogens with two attached hydrogens (primary N) is 1. The molecule has 20 heavy (non-hydrogen) atoms. The highest BCUT2D eigenvalue weighted by molar-refractivity contribution is 5.85. The molecule has 112 valence electrons. The van der Waals surface area contributed by atoms with E-state index in [1.807, 2.05) is 0 Å². The molecule has 0 bridgehead atoms. The summed E-state index contributed by atoms with van der Waals surface area (Å²) in [4.78, 5) is 21.7. The molecular formula is C12H19ClN4O3. The van der Waals surface area contributed by atoms with Gasteiger partial charge in [0.05, 0.1) is 4.92 Å². The van der Waals surface area contributed by atoms with Crippen molar-refractivity contribution in [1.82, 2.24) is 5.32 Å². The van der Waals surface area contributed by atoms with Gasteiger partial charge < -0.3 is 16.4 Å². The van der Waals surface area contributed by atoms with E-state index in [2.05, 4.69) is 10.6 Å². The first kappa shape index (κ1) is 18.1. The Kier molecular flexibility index (Phi) is 9.06. The van der Waals surface area contributed by atoms with Crippen LogP contribution in [-0.2, 0) is 4.79 Å². The van der Waals surface area contributed by atoms with Crippen molar-refractivity contribution in [3.05, 3.63) is 34.4 Å². The average Bonchev–Trinajstić information content (AvgIpc) is 2.39. The smallest absolute Gasteiger partial charge is 0.292 e. The summed E-state index contributed by atoms with van der Waals surface area (Å²) in [5.41, 5.74) is 5.73. The monoisotopic (exact) mass is 302 g/mol. The first-order valence-electron chi connectivity index (χ1n) is 6.09. The van der Waals surface area contributed by atoms with E-state index in [9.17, 15) is 14.9 Å². The number of nitro groups is 1. The van der Waals surface area contributed by atoms with Crippen LogP contribution in [0.1, 0.15) is 12.8 Å². The van der Waals surface area contributed by atoms with Crippen molar-refractivity contribution in [2.24, 2.45) is 5.73 Å². The van der Waals surface area contributed by atoms with E-state index in [1.54, 1.807) is 18.2 Å². The van der Waals surface area contributed by atoms with Crippen LogP contribution in [0.3, 0.4) is 0 Å². The highest BCUT2D eigenvalue weighted by Gasteiger charge is 2.11. The van der Waals surface area contributed by atoms with Crippen LogP contribution < -0.4 is 16.4 Å². The van der Waals surface area contributed by atoms with E-state index < -0.39 is 4.92 Å². The van der Waals surface area contributed by atoms with E-state index in [1.165, 1.54) is 6.07 Å². The maximum atomic E-state index is 11.4. The van der Waals surface area contributed by atoms with Crippen LogP contribution in [0.15, 0.2) is 24.3 Å². The highest BCUT2D eigenvalue weighted by atomic mass is 35.5. The molecule has 0 aliphatic heterocycles. The molecule has 0 aliphatic rings. The van der Waals surface area contributed by atoms with Gasteiger partial charge in [-0.3, -0.25) is 14.9 Å². The second-order valence-electron chi connectivity index (χ2n) is 3.94. The maximum absolute atomic E-state index is 11.4. The molecule has 1 aromatic carbocycles. The first-order valence-corrected chi connectivity index (χ1v) is 6.09. The van der Waals surface area contributed by atoms with Crippen molar-refractivity contribution in [2.45, 2.75) is 12.8 Å². The summed E-state index contributed by atoms with van der Waals surface area (Å²) in [6.07, 6.45) is 1.000. The predicted octanol–water partition coefficient (Wildman–Crippen LogP) is 1.28. The SMILES string of the molecule is Cl.NCCCNC(=O)CCNc1ccccc1[N+](=O)[O-]. The fraction of sp³-hybridized carbons (Fsp3) is 0.417. The van der Waals surface area contributed by atoms with Crippen LogP contribution in [0.5, 0.6) is 0 Å². The van der Waals surface area contributed by atoms with Crippen molar-refractivity contribution >= 4 is 29.7 Å². The lowest BCUT2D eigenvalue weighted by Crippen LogP contribution is -2.27. The number of nitrogens with zero attached hydrogens (tertiary/aromatic N) is 1. The number of benzene rings is 1. The van der Waals surface area contributed by atoms with Gasteiger partial charge in [0.25, 0.3) is 5.69 Å². The number of nitro benzene ring substituents is 1. The van der Waals surface area contributed by atoms with Gasteiger partial charge in [0, 0.05) is 25.6 Å². The minimum Gasteiger partial charge on any atom is -0.379 e. The van der Waals surface area contributed by atoms with Gasteiger partial charge in [-0.05, 0) is 19.0 Å². The molecule has 1 rings (SSSR count). The predicted molar refractivity (Wildman–Crippen MR) is 80.1 cm³/mol. The third-order valence-electron chi connectivity index (χ3n) is 2.47. The van der Waals surface area contributed by atoms with Gasteiger partial charge in [0.15, 0.2) is 0 Å². The number of anilines is 1. The summed E-state index contributed by atoms with van der Waals surface area (Å²) < 4.78 is 0. The van der Waals surface area contributed by atoms with E-state index in [0.29, 0.717) is 25.3 Å². The number of hydrogen-bond acceptors (Lipinski definition) is 5. The van der Waals surface area contributed by atoms with Crippen molar-refractivity contribution in [2.75, 3.05) is 25.0 Å². The largest absolute Gasteiger partial charge is 0.379 e. The lowest BCUT2D eigenvalue weighted by molar-refractivity contribution is -0.384. The molecule has 0 aliphatic carbocycles. The van der Waals surface area contributed by atoms with Crippen LogP contribution in [-0.4, -0.2) is 30.5 Å². The Morgan fingerprint density at radius 1 is 1.30 bits per heavy atom. The fourth-order valence-corrected chi connectivity index (χ4v) is 1.51. The van der Waals surface area contributed by atoms with Crippen molar-refractivity contribution in [3.63, 3.8) is 0 Å². The Labute approximate surface area is 123 Å². The van der Waals surface area contributed by atoms with Gasteiger partial charge in [0.1, 0.15) is 5.69 Å². The van der Waals surface area contributed by atoms with Gasteiger partial charge in [0.2, 0.25) is 5.91 Å². The zero-order valence-electron chi connectivity index (χ0n) is 11.0. The summed E-state index contributed by atoms with van der Waals surface area (Å²) in [6.45, 7) is 1.44. The van der Waals surface area contributed by atoms with Crippen molar-refractivity contribution in [3.8, 4) is 0 Å². The molecule has 0 unspecified atom stereocenters. The molecule has 4 N–H and O–H groups in total. The summed E-state index contributed by atoms with van der Waals surface area (Å²) >= 11 is 0. The Balaban J connectivity index is 0.00000361.